The predicted octanol–water partition coefficient (Wildman–Crippen LogP) is 1.60. The Morgan fingerprint density at radius 1 is 1.42 bits per heavy atom. The molecule has 3 atom stereocenters. The second-order valence-electron chi connectivity index (χ2n) is 6.32. The van der Waals surface area contributed by atoms with E-state index in [1.807, 2.05) is 0 Å². The lowest BCUT2D eigenvalue weighted by atomic mass is 9.76. The van der Waals surface area contributed by atoms with Gasteiger partial charge in [-0.05, 0) is 52.6 Å². The lowest BCUT2D eigenvalue weighted by Gasteiger charge is -2.33. The molecule has 0 aliphatic heterocycles. The van der Waals surface area contributed by atoms with Crippen LogP contribution in [0, 0.1) is 11.8 Å². The number of carbonyl (C=O) groups excluding carboxylic acids is 1. The van der Waals surface area contributed by atoms with Gasteiger partial charge < -0.3 is 16.0 Å². The van der Waals surface area contributed by atoms with Crippen LogP contribution in [0.3, 0.4) is 0 Å². The smallest absolute Gasteiger partial charge is 0.224 e. The molecule has 1 fully saturated rings. The molecule has 0 aromatic rings. The quantitative estimate of drug-likeness (QED) is 0.720. The van der Waals surface area contributed by atoms with Gasteiger partial charge in [0.05, 0.1) is 5.92 Å². The Morgan fingerprint density at radius 3 is 2.68 bits per heavy atom. The van der Waals surface area contributed by atoms with E-state index in [2.05, 4.69) is 38.0 Å². The van der Waals surface area contributed by atoms with Gasteiger partial charge in [-0.1, -0.05) is 13.3 Å². The molecule has 0 aromatic heterocycles. The first kappa shape index (κ1) is 16.4. The molecular weight excluding hydrogens is 238 g/mol. The molecule has 1 aliphatic carbocycles. The van der Waals surface area contributed by atoms with Gasteiger partial charge in [0.15, 0.2) is 0 Å². The van der Waals surface area contributed by atoms with Gasteiger partial charge in [-0.3, -0.25) is 4.79 Å². The highest BCUT2D eigenvalue weighted by Gasteiger charge is 2.33. The van der Waals surface area contributed by atoms with Crippen molar-refractivity contribution in [2.75, 3.05) is 20.1 Å². The maximum atomic E-state index is 12.2. The minimum atomic E-state index is 0.0107. The van der Waals surface area contributed by atoms with Gasteiger partial charge >= 0.3 is 0 Å². The SMILES string of the molecule is CC1CCCC(N)C1C(=O)NCCCN(C)C(C)C. The fourth-order valence-corrected chi connectivity index (χ4v) is 2.83. The molecule has 19 heavy (non-hydrogen) atoms. The summed E-state index contributed by atoms with van der Waals surface area (Å²) in [5.74, 6) is 0.588. The van der Waals surface area contributed by atoms with E-state index in [-0.39, 0.29) is 17.9 Å². The van der Waals surface area contributed by atoms with Crippen molar-refractivity contribution in [1.82, 2.24) is 10.2 Å². The van der Waals surface area contributed by atoms with E-state index in [9.17, 15) is 4.79 Å². The Bertz CT molecular complexity index is 271. The largest absolute Gasteiger partial charge is 0.356 e. The van der Waals surface area contributed by atoms with Crippen molar-refractivity contribution in [1.29, 1.82) is 0 Å². The Balaban J connectivity index is 2.27. The van der Waals surface area contributed by atoms with E-state index in [0.29, 0.717) is 12.0 Å². The summed E-state index contributed by atoms with van der Waals surface area (Å²) in [5.41, 5.74) is 6.09. The fourth-order valence-electron chi connectivity index (χ4n) is 2.83. The van der Waals surface area contributed by atoms with Crippen molar-refractivity contribution in [3.8, 4) is 0 Å². The second-order valence-corrected chi connectivity index (χ2v) is 6.32. The standard InChI is InChI=1S/C15H31N3O/c1-11(2)18(4)10-6-9-17-15(19)14-12(3)7-5-8-13(14)16/h11-14H,5-10,16H2,1-4H3,(H,17,19). The van der Waals surface area contributed by atoms with E-state index in [0.717, 1.165) is 38.8 Å². The predicted molar refractivity (Wildman–Crippen MR) is 79.9 cm³/mol. The van der Waals surface area contributed by atoms with Crippen LogP contribution in [0.25, 0.3) is 0 Å². The molecule has 0 aromatic carbocycles. The summed E-state index contributed by atoms with van der Waals surface area (Å²) in [6, 6.07) is 0.601. The first-order valence-corrected chi connectivity index (χ1v) is 7.67. The number of hydrogen-bond donors (Lipinski definition) is 2. The van der Waals surface area contributed by atoms with Crippen molar-refractivity contribution in [3.63, 3.8) is 0 Å². The van der Waals surface area contributed by atoms with Crippen LogP contribution in [0.2, 0.25) is 0 Å². The van der Waals surface area contributed by atoms with E-state index in [1.54, 1.807) is 0 Å². The van der Waals surface area contributed by atoms with Crippen LogP contribution < -0.4 is 11.1 Å². The summed E-state index contributed by atoms with van der Waals surface area (Å²) < 4.78 is 0. The number of nitrogens with zero attached hydrogens (tertiary/aromatic N) is 1. The fraction of sp³-hybridized carbons (Fsp3) is 0.933. The number of amides is 1. The average Bonchev–Trinajstić information content (AvgIpc) is 2.34. The van der Waals surface area contributed by atoms with Gasteiger partial charge in [0.25, 0.3) is 0 Å². The zero-order chi connectivity index (χ0) is 14.4. The highest BCUT2D eigenvalue weighted by atomic mass is 16.1. The van der Waals surface area contributed by atoms with Crippen molar-refractivity contribution < 1.29 is 4.79 Å². The summed E-state index contributed by atoms with van der Waals surface area (Å²) in [5, 5.41) is 3.06. The first-order valence-electron chi connectivity index (χ1n) is 7.67. The third-order valence-corrected chi connectivity index (χ3v) is 4.44. The normalized spacial score (nSPS) is 27.8. The molecule has 3 N–H and O–H groups in total. The third-order valence-electron chi connectivity index (χ3n) is 4.44. The number of rotatable bonds is 6. The number of hydrogen-bond acceptors (Lipinski definition) is 3. The molecule has 1 aliphatic rings. The molecule has 3 unspecified atom stereocenters. The van der Waals surface area contributed by atoms with Crippen LogP contribution in [-0.2, 0) is 4.79 Å². The molecule has 0 heterocycles. The number of carbonyl (C=O) groups is 1. The second kappa shape index (κ2) is 7.85. The third kappa shape index (κ3) is 5.11. The van der Waals surface area contributed by atoms with E-state index in [1.165, 1.54) is 0 Å². The molecule has 1 saturated carbocycles. The van der Waals surface area contributed by atoms with Crippen molar-refractivity contribution in [2.24, 2.45) is 17.6 Å². The van der Waals surface area contributed by atoms with Crippen molar-refractivity contribution in [2.45, 2.75) is 58.5 Å². The molecule has 1 rings (SSSR count). The van der Waals surface area contributed by atoms with E-state index in [4.69, 9.17) is 5.73 Å². The minimum absolute atomic E-state index is 0.0107. The Labute approximate surface area is 118 Å². The van der Waals surface area contributed by atoms with Gasteiger partial charge in [0, 0.05) is 18.6 Å². The van der Waals surface area contributed by atoms with Crippen molar-refractivity contribution in [3.05, 3.63) is 0 Å². The van der Waals surface area contributed by atoms with Crippen LogP contribution in [0.4, 0.5) is 0 Å². The highest BCUT2D eigenvalue weighted by molar-refractivity contribution is 5.79. The van der Waals surface area contributed by atoms with Crippen molar-refractivity contribution >= 4 is 5.91 Å². The van der Waals surface area contributed by atoms with Gasteiger partial charge in [0.2, 0.25) is 5.91 Å². The Kier molecular flexibility index (Phi) is 6.80. The lowest BCUT2D eigenvalue weighted by molar-refractivity contribution is -0.128. The minimum Gasteiger partial charge on any atom is -0.356 e. The van der Waals surface area contributed by atoms with Crippen LogP contribution in [-0.4, -0.2) is 43.0 Å². The summed E-state index contributed by atoms with van der Waals surface area (Å²) >= 11 is 0. The Hall–Kier alpha value is -0.610. The van der Waals surface area contributed by atoms with E-state index < -0.39 is 0 Å². The summed E-state index contributed by atoms with van der Waals surface area (Å²) in [4.78, 5) is 14.5. The maximum absolute atomic E-state index is 12.2. The van der Waals surface area contributed by atoms with E-state index >= 15 is 0 Å². The molecule has 0 saturated heterocycles. The number of nitrogens with two attached hydrogens (primary N) is 1. The van der Waals surface area contributed by atoms with Gasteiger partial charge in [-0.15, -0.1) is 0 Å². The maximum Gasteiger partial charge on any atom is 0.224 e. The number of nitrogens with one attached hydrogen (secondary N) is 1. The highest BCUT2D eigenvalue weighted by Crippen LogP contribution is 2.28. The average molecular weight is 269 g/mol. The molecule has 0 spiro atoms. The van der Waals surface area contributed by atoms with Gasteiger partial charge in [0.1, 0.15) is 0 Å². The Morgan fingerprint density at radius 2 is 2.11 bits per heavy atom. The topological polar surface area (TPSA) is 58.4 Å². The molecule has 4 heteroatoms. The van der Waals surface area contributed by atoms with Gasteiger partial charge in [-0.25, -0.2) is 0 Å². The molecule has 0 radical (unpaired) electrons. The summed E-state index contributed by atoms with van der Waals surface area (Å²) in [7, 11) is 2.12. The zero-order valence-corrected chi connectivity index (χ0v) is 13.0. The molecule has 0 bridgehead atoms. The zero-order valence-electron chi connectivity index (χ0n) is 13.0. The molecule has 1 amide bonds. The van der Waals surface area contributed by atoms with Crippen LogP contribution in [0.5, 0.6) is 0 Å². The first-order chi connectivity index (χ1) is 8.93. The molecular formula is C15H31N3O. The molecule has 112 valence electrons. The monoisotopic (exact) mass is 269 g/mol. The lowest BCUT2D eigenvalue weighted by Crippen LogP contribution is -2.47. The van der Waals surface area contributed by atoms with Crippen LogP contribution in [0.15, 0.2) is 0 Å². The summed E-state index contributed by atoms with van der Waals surface area (Å²) in [6.07, 6.45) is 4.27. The summed E-state index contributed by atoms with van der Waals surface area (Å²) in [6.45, 7) is 8.29. The van der Waals surface area contributed by atoms with Crippen LogP contribution in [0.1, 0.15) is 46.5 Å². The molecule has 4 nitrogen and oxygen atoms in total. The van der Waals surface area contributed by atoms with Crippen LogP contribution >= 0.6 is 0 Å². The van der Waals surface area contributed by atoms with Gasteiger partial charge in [-0.2, -0.15) is 0 Å².